The lowest BCUT2D eigenvalue weighted by molar-refractivity contribution is 1.33. The molecular formula is C26H24Si. The van der Waals surface area contributed by atoms with Crippen molar-refractivity contribution in [3.8, 4) is 11.1 Å². The van der Waals surface area contributed by atoms with Gasteiger partial charge in [0, 0.05) is 0 Å². The molecule has 0 radical (unpaired) electrons. The number of benzene rings is 4. The monoisotopic (exact) mass is 364 g/mol. The zero-order chi connectivity index (χ0) is 18.5. The van der Waals surface area contributed by atoms with E-state index in [9.17, 15) is 0 Å². The lowest BCUT2D eigenvalue weighted by Gasteiger charge is -2.29. The molecule has 4 rings (SSSR count). The van der Waals surface area contributed by atoms with Crippen molar-refractivity contribution in [2.75, 3.05) is 0 Å². The first-order valence-electron chi connectivity index (χ1n) is 9.51. The summed E-state index contributed by atoms with van der Waals surface area (Å²) in [5.74, 6) is 0. The molecule has 4 aromatic carbocycles. The van der Waals surface area contributed by atoms with E-state index in [4.69, 9.17) is 0 Å². The van der Waals surface area contributed by atoms with Gasteiger partial charge in [0.25, 0.3) is 0 Å². The molecule has 0 unspecified atom stereocenters. The summed E-state index contributed by atoms with van der Waals surface area (Å²) in [7, 11) is -1.84. The smallest absolute Gasteiger partial charge is 0.0626 e. The van der Waals surface area contributed by atoms with Crippen LogP contribution in [0.25, 0.3) is 11.1 Å². The highest BCUT2D eigenvalue weighted by Crippen LogP contribution is 2.21. The minimum atomic E-state index is -1.84. The van der Waals surface area contributed by atoms with E-state index in [0.29, 0.717) is 0 Å². The second-order valence-corrected chi connectivity index (χ2v) is 11.5. The van der Waals surface area contributed by atoms with Gasteiger partial charge in [0.2, 0.25) is 0 Å². The molecule has 0 N–H and O–H groups in total. The fourth-order valence-electron chi connectivity index (χ4n) is 3.84. The Balaban J connectivity index is 1.68. The van der Waals surface area contributed by atoms with E-state index in [1.54, 1.807) is 0 Å². The van der Waals surface area contributed by atoms with Crippen LogP contribution in [0.2, 0.25) is 6.55 Å². The van der Waals surface area contributed by atoms with Crippen molar-refractivity contribution in [2.45, 2.75) is 12.6 Å². The van der Waals surface area contributed by atoms with Crippen LogP contribution in [0.1, 0.15) is 5.56 Å². The normalized spacial score (nSPS) is 11.3. The molecule has 0 heterocycles. The zero-order valence-corrected chi connectivity index (χ0v) is 16.7. The van der Waals surface area contributed by atoms with Crippen molar-refractivity contribution in [3.63, 3.8) is 0 Å². The second-order valence-electron chi connectivity index (χ2n) is 7.30. The molecule has 27 heavy (non-hydrogen) atoms. The molecule has 0 fully saturated rings. The number of hydrogen-bond donors (Lipinski definition) is 0. The third-order valence-electron chi connectivity index (χ3n) is 5.44. The van der Waals surface area contributed by atoms with Gasteiger partial charge in [0.1, 0.15) is 8.07 Å². The summed E-state index contributed by atoms with van der Waals surface area (Å²) >= 11 is 0. The molecular weight excluding hydrogens is 340 g/mol. The van der Waals surface area contributed by atoms with Crippen LogP contribution in [-0.4, -0.2) is 8.07 Å². The predicted octanol–water partition coefficient (Wildman–Crippen LogP) is 5.33. The highest BCUT2D eigenvalue weighted by atomic mass is 28.3. The summed E-state index contributed by atoms with van der Waals surface area (Å²) in [4.78, 5) is 0. The third kappa shape index (κ3) is 3.79. The van der Waals surface area contributed by atoms with Crippen LogP contribution < -0.4 is 10.4 Å². The van der Waals surface area contributed by atoms with Gasteiger partial charge in [0.15, 0.2) is 0 Å². The summed E-state index contributed by atoms with van der Waals surface area (Å²) in [5, 5.41) is 2.98. The molecule has 1 heteroatoms. The Morgan fingerprint density at radius 2 is 0.889 bits per heavy atom. The molecule has 0 aliphatic carbocycles. The first-order chi connectivity index (χ1) is 13.3. The van der Waals surface area contributed by atoms with Gasteiger partial charge in [-0.2, -0.15) is 0 Å². The first kappa shape index (κ1) is 17.5. The topological polar surface area (TPSA) is 0 Å². The molecule has 4 aromatic rings. The van der Waals surface area contributed by atoms with E-state index in [1.807, 2.05) is 0 Å². The molecule has 0 spiro atoms. The lowest BCUT2D eigenvalue weighted by atomic mass is 10.0. The van der Waals surface area contributed by atoms with E-state index in [0.717, 1.165) is 6.04 Å². The van der Waals surface area contributed by atoms with Crippen LogP contribution in [-0.2, 0) is 6.04 Å². The number of hydrogen-bond acceptors (Lipinski definition) is 0. The predicted molar refractivity (Wildman–Crippen MR) is 119 cm³/mol. The summed E-state index contributed by atoms with van der Waals surface area (Å²) in [5.41, 5.74) is 3.97. The Morgan fingerprint density at radius 1 is 0.481 bits per heavy atom. The molecule has 0 saturated carbocycles. The van der Waals surface area contributed by atoms with Gasteiger partial charge in [-0.3, -0.25) is 0 Å². The molecule has 0 nitrogen and oxygen atoms in total. The van der Waals surface area contributed by atoms with Crippen LogP contribution in [0.15, 0.2) is 115 Å². The molecule has 0 aliphatic rings. The zero-order valence-electron chi connectivity index (χ0n) is 15.7. The van der Waals surface area contributed by atoms with Gasteiger partial charge in [-0.1, -0.05) is 132 Å². The van der Waals surface area contributed by atoms with Gasteiger partial charge in [-0.05, 0) is 22.7 Å². The minimum absolute atomic E-state index is 1.11. The Morgan fingerprint density at radius 3 is 1.37 bits per heavy atom. The van der Waals surface area contributed by atoms with Gasteiger partial charge in [-0.25, -0.2) is 0 Å². The molecule has 0 amide bonds. The van der Waals surface area contributed by atoms with Crippen LogP contribution in [0.3, 0.4) is 0 Å². The Kier molecular flexibility index (Phi) is 5.04. The fourth-order valence-corrected chi connectivity index (χ4v) is 7.49. The Hall–Kier alpha value is -2.90. The van der Waals surface area contributed by atoms with Crippen molar-refractivity contribution in [2.24, 2.45) is 0 Å². The van der Waals surface area contributed by atoms with E-state index in [-0.39, 0.29) is 0 Å². The highest BCUT2D eigenvalue weighted by molar-refractivity contribution is 7.00. The minimum Gasteiger partial charge on any atom is -0.0626 e. The largest absolute Gasteiger partial charge is 0.119 e. The van der Waals surface area contributed by atoms with Gasteiger partial charge >= 0.3 is 0 Å². The van der Waals surface area contributed by atoms with Crippen molar-refractivity contribution < 1.29 is 0 Å². The lowest BCUT2D eigenvalue weighted by Crippen LogP contribution is -2.57. The van der Waals surface area contributed by atoms with Gasteiger partial charge in [-0.15, -0.1) is 0 Å². The summed E-state index contributed by atoms with van der Waals surface area (Å²) in [6.07, 6.45) is 0. The summed E-state index contributed by atoms with van der Waals surface area (Å²) in [6.45, 7) is 2.49. The number of rotatable bonds is 5. The molecule has 0 aliphatic heterocycles. The van der Waals surface area contributed by atoms with Crippen molar-refractivity contribution in [1.29, 1.82) is 0 Å². The SMILES string of the molecule is C[Si](Cc1ccc(-c2ccccc2)cc1)(c1ccccc1)c1ccccc1. The highest BCUT2D eigenvalue weighted by Gasteiger charge is 2.31. The maximum absolute atomic E-state index is 2.49. The Labute approximate surface area is 163 Å². The average molecular weight is 365 g/mol. The van der Waals surface area contributed by atoms with Crippen molar-refractivity contribution >= 4 is 18.4 Å². The van der Waals surface area contributed by atoms with Crippen LogP contribution in [0.4, 0.5) is 0 Å². The van der Waals surface area contributed by atoms with Gasteiger partial charge < -0.3 is 0 Å². The third-order valence-corrected chi connectivity index (χ3v) is 9.77. The molecule has 132 valence electrons. The van der Waals surface area contributed by atoms with E-state index >= 15 is 0 Å². The Bertz CT molecular complexity index is 935. The van der Waals surface area contributed by atoms with Crippen LogP contribution in [0.5, 0.6) is 0 Å². The van der Waals surface area contributed by atoms with Gasteiger partial charge in [0.05, 0.1) is 0 Å². The maximum atomic E-state index is 2.49. The summed E-state index contributed by atoms with van der Waals surface area (Å²) < 4.78 is 0. The fraction of sp³-hybridized carbons (Fsp3) is 0.0769. The molecule has 0 atom stereocenters. The van der Waals surface area contributed by atoms with E-state index in [1.165, 1.54) is 27.1 Å². The van der Waals surface area contributed by atoms with E-state index in [2.05, 4.69) is 122 Å². The van der Waals surface area contributed by atoms with Crippen LogP contribution >= 0.6 is 0 Å². The van der Waals surface area contributed by atoms with Crippen molar-refractivity contribution in [1.82, 2.24) is 0 Å². The quantitative estimate of drug-likeness (QED) is 0.420. The standard InChI is InChI=1S/C26H24Si/c1-27(25-13-7-3-8-14-25,26-15-9-4-10-16-26)21-22-17-19-24(20-18-22)23-11-5-2-6-12-23/h2-20H,21H2,1H3. The van der Waals surface area contributed by atoms with E-state index < -0.39 is 8.07 Å². The maximum Gasteiger partial charge on any atom is 0.119 e. The van der Waals surface area contributed by atoms with Crippen LogP contribution in [0, 0.1) is 0 Å². The molecule has 0 aromatic heterocycles. The second kappa shape index (κ2) is 7.77. The average Bonchev–Trinajstić information content (AvgIpc) is 2.76. The first-order valence-corrected chi connectivity index (χ1v) is 12.2. The molecule has 0 bridgehead atoms. The molecule has 0 saturated heterocycles. The van der Waals surface area contributed by atoms with Crippen molar-refractivity contribution in [3.05, 3.63) is 121 Å². The summed E-state index contributed by atoms with van der Waals surface area (Å²) in [6, 6.07) is 42.9.